The highest BCUT2D eigenvalue weighted by molar-refractivity contribution is 5.90. The number of carbonyl (C=O) groups excluding carboxylic acids is 1. The molecule has 134 valence electrons. The molecule has 0 bridgehead atoms. The van der Waals surface area contributed by atoms with Crippen molar-refractivity contribution in [3.05, 3.63) is 48.4 Å². The van der Waals surface area contributed by atoms with Crippen LogP contribution in [0.2, 0.25) is 0 Å². The number of aromatic nitrogens is 5. The van der Waals surface area contributed by atoms with Gasteiger partial charge in [0.1, 0.15) is 5.82 Å². The molecule has 8 heteroatoms. The molecule has 1 aliphatic rings. The van der Waals surface area contributed by atoms with Crippen LogP contribution in [0.15, 0.2) is 36.8 Å². The standard InChI is InChI=1S/C18H21N7O/c1-12-21-17(24-23-12)14-5-3-7-25(10-14)18(26)22-15-6-2-4-13(8-15)16-9-19-11-20-16/h2,4,6,8-9,11,14H,3,5,7,10H2,1H3,(H,19,20)(H,22,26)(H,21,23,24)/t14-/m1/s1. The Labute approximate surface area is 151 Å². The normalized spacial score (nSPS) is 17.3. The van der Waals surface area contributed by atoms with Crippen LogP contribution in [0.1, 0.15) is 30.4 Å². The van der Waals surface area contributed by atoms with Crippen molar-refractivity contribution in [2.24, 2.45) is 0 Å². The first-order valence-corrected chi connectivity index (χ1v) is 8.72. The van der Waals surface area contributed by atoms with E-state index in [0.29, 0.717) is 6.54 Å². The number of nitrogens with zero attached hydrogens (tertiary/aromatic N) is 4. The molecule has 26 heavy (non-hydrogen) atoms. The van der Waals surface area contributed by atoms with E-state index in [4.69, 9.17) is 0 Å². The quantitative estimate of drug-likeness (QED) is 0.675. The van der Waals surface area contributed by atoms with Crippen molar-refractivity contribution in [1.29, 1.82) is 0 Å². The van der Waals surface area contributed by atoms with Crippen molar-refractivity contribution in [3.63, 3.8) is 0 Å². The van der Waals surface area contributed by atoms with E-state index in [9.17, 15) is 4.79 Å². The zero-order valence-electron chi connectivity index (χ0n) is 14.6. The van der Waals surface area contributed by atoms with E-state index in [1.165, 1.54) is 0 Å². The molecule has 1 saturated heterocycles. The number of hydrogen-bond donors (Lipinski definition) is 3. The molecule has 3 N–H and O–H groups in total. The molecule has 0 unspecified atom stereocenters. The molecule has 2 aromatic heterocycles. The number of H-pyrrole nitrogens is 2. The Morgan fingerprint density at radius 2 is 2.31 bits per heavy atom. The summed E-state index contributed by atoms with van der Waals surface area (Å²) >= 11 is 0. The van der Waals surface area contributed by atoms with Crippen LogP contribution in [0.25, 0.3) is 11.3 Å². The number of benzene rings is 1. The fraction of sp³-hybridized carbons (Fsp3) is 0.333. The third kappa shape index (κ3) is 3.44. The van der Waals surface area contributed by atoms with Crippen molar-refractivity contribution < 1.29 is 4.79 Å². The third-order valence-corrected chi connectivity index (χ3v) is 4.61. The van der Waals surface area contributed by atoms with Crippen LogP contribution < -0.4 is 5.32 Å². The second kappa shape index (κ2) is 6.99. The minimum Gasteiger partial charge on any atom is -0.345 e. The number of piperidine rings is 1. The molecular formula is C18H21N7O. The number of likely N-dealkylation sites (tertiary alicyclic amines) is 1. The third-order valence-electron chi connectivity index (χ3n) is 4.61. The van der Waals surface area contributed by atoms with Gasteiger partial charge in [-0.3, -0.25) is 5.10 Å². The largest absolute Gasteiger partial charge is 0.345 e. The molecule has 1 fully saturated rings. The van der Waals surface area contributed by atoms with E-state index in [-0.39, 0.29) is 11.9 Å². The molecular weight excluding hydrogens is 330 g/mol. The highest BCUT2D eigenvalue weighted by Gasteiger charge is 2.27. The van der Waals surface area contributed by atoms with Crippen LogP contribution >= 0.6 is 0 Å². The molecule has 0 aliphatic carbocycles. The molecule has 3 aromatic rings. The van der Waals surface area contributed by atoms with Crippen LogP contribution in [0, 0.1) is 6.92 Å². The number of urea groups is 1. The van der Waals surface area contributed by atoms with Gasteiger partial charge in [-0.1, -0.05) is 12.1 Å². The number of anilines is 1. The molecule has 8 nitrogen and oxygen atoms in total. The summed E-state index contributed by atoms with van der Waals surface area (Å²) < 4.78 is 0. The number of imidazole rings is 1. The van der Waals surface area contributed by atoms with Gasteiger partial charge in [-0.05, 0) is 31.9 Å². The van der Waals surface area contributed by atoms with Crippen LogP contribution in [0.4, 0.5) is 10.5 Å². The number of hydrogen-bond acceptors (Lipinski definition) is 4. The van der Waals surface area contributed by atoms with Gasteiger partial charge in [-0.25, -0.2) is 14.8 Å². The monoisotopic (exact) mass is 351 g/mol. The van der Waals surface area contributed by atoms with Crippen LogP contribution in [0.5, 0.6) is 0 Å². The minimum absolute atomic E-state index is 0.0938. The number of aryl methyl sites for hydroxylation is 1. The summed E-state index contributed by atoms with van der Waals surface area (Å²) in [6.45, 7) is 3.26. The molecule has 1 aromatic carbocycles. The lowest BCUT2D eigenvalue weighted by Gasteiger charge is -2.31. The lowest BCUT2D eigenvalue weighted by Crippen LogP contribution is -2.41. The SMILES string of the molecule is Cc1nc([C@@H]2CCCN(C(=O)Nc3cccc(-c4cnc[nH]4)c3)C2)n[nH]1. The number of rotatable bonds is 3. The highest BCUT2D eigenvalue weighted by Crippen LogP contribution is 2.25. The fourth-order valence-electron chi connectivity index (χ4n) is 3.30. The van der Waals surface area contributed by atoms with Gasteiger partial charge in [0.05, 0.1) is 18.2 Å². The maximum absolute atomic E-state index is 12.7. The summed E-state index contributed by atoms with van der Waals surface area (Å²) in [6.07, 6.45) is 5.34. The van der Waals surface area contributed by atoms with Crippen molar-refractivity contribution >= 4 is 11.7 Å². The number of carbonyl (C=O) groups is 1. The second-order valence-electron chi connectivity index (χ2n) is 6.54. The van der Waals surface area contributed by atoms with Gasteiger partial charge in [0, 0.05) is 30.3 Å². The molecule has 2 amide bonds. The Kier molecular flexibility index (Phi) is 4.39. The summed E-state index contributed by atoms with van der Waals surface area (Å²) in [6, 6.07) is 7.62. The molecule has 1 aliphatic heterocycles. The summed E-state index contributed by atoms with van der Waals surface area (Å²) in [7, 11) is 0. The summed E-state index contributed by atoms with van der Waals surface area (Å²) in [5.74, 6) is 1.77. The lowest BCUT2D eigenvalue weighted by atomic mass is 9.97. The van der Waals surface area contributed by atoms with Gasteiger partial charge >= 0.3 is 6.03 Å². The van der Waals surface area contributed by atoms with Gasteiger partial charge in [0.2, 0.25) is 0 Å². The number of amides is 2. The maximum Gasteiger partial charge on any atom is 0.321 e. The average Bonchev–Trinajstić information content (AvgIpc) is 3.34. The van der Waals surface area contributed by atoms with E-state index in [1.807, 2.05) is 36.1 Å². The van der Waals surface area contributed by atoms with Gasteiger partial charge < -0.3 is 15.2 Å². The van der Waals surface area contributed by atoms with Gasteiger partial charge in [-0.15, -0.1) is 0 Å². The first-order valence-electron chi connectivity index (χ1n) is 8.72. The van der Waals surface area contributed by atoms with E-state index < -0.39 is 0 Å². The Hall–Kier alpha value is -3.16. The van der Waals surface area contributed by atoms with E-state index in [0.717, 1.165) is 48.0 Å². The molecule has 4 rings (SSSR count). The Balaban J connectivity index is 1.44. The fourth-order valence-corrected chi connectivity index (χ4v) is 3.30. The molecule has 1 atom stereocenters. The maximum atomic E-state index is 12.7. The summed E-state index contributed by atoms with van der Waals surface area (Å²) in [5.41, 5.74) is 2.66. The Morgan fingerprint density at radius 1 is 1.38 bits per heavy atom. The Bertz CT molecular complexity index is 887. The minimum atomic E-state index is -0.0938. The molecule has 3 heterocycles. The molecule has 0 spiro atoms. The number of nitrogens with one attached hydrogen (secondary N) is 3. The van der Waals surface area contributed by atoms with Gasteiger partial charge in [0.15, 0.2) is 5.82 Å². The lowest BCUT2D eigenvalue weighted by molar-refractivity contribution is 0.191. The van der Waals surface area contributed by atoms with Crippen LogP contribution in [0.3, 0.4) is 0 Å². The zero-order chi connectivity index (χ0) is 17.9. The smallest absolute Gasteiger partial charge is 0.321 e. The van der Waals surface area contributed by atoms with Crippen molar-refractivity contribution in [2.75, 3.05) is 18.4 Å². The van der Waals surface area contributed by atoms with Crippen molar-refractivity contribution in [1.82, 2.24) is 30.0 Å². The van der Waals surface area contributed by atoms with E-state index in [1.54, 1.807) is 12.5 Å². The predicted octanol–water partition coefficient (Wildman–Crippen LogP) is 2.91. The summed E-state index contributed by atoms with van der Waals surface area (Å²) in [5, 5.41) is 10.1. The van der Waals surface area contributed by atoms with Crippen molar-refractivity contribution in [3.8, 4) is 11.3 Å². The Morgan fingerprint density at radius 3 is 3.08 bits per heavy atom. The first kappa shape index (κ1) is 16.3. The summed E-state index contributed by atoms with van der Waals surface area (Å²) in [4.78, 5) is 26.1. The zero-order valence-corrected chi connectivity index (χ0v) is 14.6. The molecule has 0 radical (unpaired) electrons. The van der Waals surface area contributed by atoms with Gasteiger partial charge in [0.25, 0.3) is 0 Å². The average molecular weight is 351 g/mol. The van der Waals surface area contributed by atoms with Crippen LogP contribution in [-0.4, -0.2) is 49.2 Å². The molecule has 0 saturated carbocycles. The van der Waals surface area contributed by atoms with Crippen LogP contribution in [-0.2, 0) is 0 Å². The predicted molar refractivity (Wildman–Crippen MR) is 97.7 cm³/mol. The topological polar surface area (TPSA) is 103 Å². The second-order valence-corrected chi connectivity index (χ2v) is 6.54. The van der Waals surface area contributed by atoms with Gasteiger partial charge in [-0.2, -0.15) is 5.10 Å². The van der Waals surface area contributed by atoms with E-state index in [2.05, 4.69) is 30.5 Å². The number of aromatic amines is 2. The van der Waals surface area contributed by atoms with E-state index >= 15 is 0 Å². The van der Waals surface area contributed by atoms with Crippen molar-refractivity contribution in [2.45, 2.75) is 25.7 Å². The first-order chi connectivity index (χ1) is 12.7. The highest BCUT2D eigenvalue weighted by atomic mass is 16.2.